The molecule has 2 N–H and O–H groups in total. The Hall–Kier alpha value is -1.15. The average molecular weight is 691 g/mol. The van der Waals surface area contributed by atoms with Crippen LogP contribution in [0.1, 0.15) is 75.3 Å². The molecule has 0 aromatic heterocycles. The van der Waals surface area contributed by atoms with Crippen LogP contribution in [0.15, 0.2) is 18.2 Å². The quantitative estimate of drug-likeness (QED) is 0.0849. The molecule has 0 aliphatic heterocycles. The maximum absolute atomic E-state index is 13.2. The summed E-state index contributed by atoms with van der Waals surface area (Å²) in [5, 5.41) is 10.9. The molecular weight excluding hydrogens is 646 g/mol. The third-order valence-corrected chi connectivity index (χ3v) is 12.4. The van der Waals surface area contributed by atoms with Crippen molar-refractivity contribution < 1.29 is 59.2 Å². The smallest absolute Gasteiger partial charge is 0.404 e. The second-order valence-corrected chi connectivity index (χ2v) is 15.8. The van der Waals surface area contributed by atoms with E-state index < -0.39 is 50.4 Å². The lowest BCUT2D eigenvalue weighted by Crippen LogP contribution is -2.47. The number of alkyl halides is 5. The number of ether oxygens (including phenoxy) is 2. The monoisotopic (exact) mass is 690 g/mol. The molecule has 2 fully saturated rings. The lowest BCUT2D eigenvalue weighted by Gasteiger charge is -2.53. The fourth-order valence-electron chi connectivity index (χ4n) is 7.75. The van der Waals surface area contributed by atoms with Crippen molar-refractivity contribution in [2.24, 2.45) is 23.2 Å². The Balaban J connectivity index is 1.43. The van der Waals surface area contributed by atoms with E-state index in [1.54, 1.807) is 12.1 Å². The highest BCUT2D eigenvalue weighted by Gasteiger charge is 2.57. The van der Waals surface area contributed by atoms with E-state index in [9.17, 15) is 40.7 Å². The summed E-state index contributed by atoms with van der Waals surface area (Å²) in [6.07, 6.45) is -2.74. The normalized spacial score (nSPS) is 30.2. The van der Waals surface area contributed by atoms with Gasteiger partial charge in [0.2, 0.25) is 0 Å². The molecule has 0 saturated heterocycles. The third-order valence-electron chi connectivity index (χ3n) is 10.00. The highest BCUT2D eigenvalue weighted by Crippen LogP contribution is 2.63. The van der Waals surface area contributed by atoms with Crippen LogP contribution in [-0.4, -0.2) is 71.0 Å². The summed E-state index contributed by atoms with van der Waals surface area (Å²) >= 11 is 0. The fraction of sp³-hybridized carbons (Fsp3) is 0.800. The molecule has 0 amide bonds. The van der Waals surface area contributed by atoms with E-state index in [0.717, 1.165) is 36.8 Å². The van der Waals surface area contributed by atoms with Gasteiger partial charge in [0.25, 0.3) is 0 Å². The van der Waals surface area contributed by atoms with Crippen LogP contribution in [0.5, 0.6) is 5.75 Å². The van der Waals surface area contributed by atoms with E-state index in [-0.39, 0.29) is 59.1 Å². The van der Waals surface area contributed by atoms with Crippen molar-refractivity contribution in [3.63, 3.8) is 0 Å². The molecule has 8 nitrogen and oxygen atoms in total. The molecule has 2 unspecified atom stereocenters. The van der Waals surface area contributed by atoms with Crippen LogP contribution in [0, 0.1) is 23.2 Å². The molecule has 3 aliphatic rings. The van der Waals surface area contributed by atoms with Crippen LogP contribution < -0.4 is 4.52 Å². The Morgan fingerprint density at radius 2 is 1.82 bits per heavy atom. The minimum absolute atomic E-state index is 0.130. The zero-order valence-electron chi connectivity index (χ0n) is 25.6. The van der Waals surface area contributed by atoms with E-state index in [4.69, 9.17) is 18.5 Å². The van der Waals surface area contributed by atoms with Gasteiger partial charge in [-0.15, -0.1) is 0 Å². The Kier molecular flexibility index (Phi) is 12.2. The number of phosphoric acid groups is 1. The molecule has 2 saturated carbocycles. The lowest BCUT2D eigenvalue weighted by atomic mass is 9.52. The van der Waals surface area contributed by atoms with Gasteiger partial charge in [-0.05, 0) is 104 Å². The first kappa shape index (κ1) is 36.7. The van der Waals surface area contributed by atoms with Crippen molar-refractivity contribution in [2.75, 3.05) is 38.6 Å². The maximum Gasteiger partial charge on any atom is 0.529 e. The number of benzene rings is 1. The van der Waals surface area contributed by atoms with Crippen LogP contribution in [0.25, 0.3) is 0 Å². The second-order valence-electron chi connectivity index (χ2n) is 12.8. The standard InChI is InChI=1S/C30H44F5O8PS/c1-28-12-10-24-23-7-6-22(43-44(37,38)42-19-41-14-13-40-2)18-21(23)17-20(27(24)25(28)8-9-26(28)36)5-3-15-45(39)16-4-11-29(31,32)30(33,34)35/h6-7,18,20,24-27,36H,3-5,8-17,19H2,1-2H3,(H,37,38)/t20-,24-,25+,26+,27-,28+,45?/m1/s1. The van der Waals surface area contributed by atoms with Gasteiger partial charge in [-0.1, -0.05) is 13.0 Å². The molecule has 8 atom stereocenters. The molecule has 0 radical (unpaired) electrons. The molecule has 45 heavy (non-hydrogen) atoms. The molecule has 3 aliphatic carbocycles. The number of aliphatic hydroxyl groups is 1. The molecule has 0 spiro atoms. The first-order valence-corrected chi connectivity index (χ1v) is 18.4. The van der Waals surface area contributed by atoms with E-state index >= 15 is 0 Å². The number of hydrogen-bond donors (Lipinski definition) is 2. The fourth-order valence-corrected chi connectivity index (χ4v) is 9.55. The topological polar surface area (TPSA) is 112 Å². The number of phosphoric ester groups is 1. The summed E-state index contributed by atoms with van der Waals surface area (Å²) in [7, 11) is -4.50. The van der Waals surface area contributed by atoms with Gasteiger partial charge in [0.1, 0.15) is 5.75 Å². The molecular formula is C30H44F5O8PS. The van der Waals surface area contributed by atoms with Gasteiger partial charge in [-0.3, -0.25) is 9.10 Å². The first-order valence-electron chi connectivity index (χ1n) is 15.4. The minimum Gasteiger partial charge on any atom is -0.404 e. The zero-order valence-corrected chi connectivity index (χ0v) is 27.3. The summed E-state index contributed by atoms with van der Waals surface area (Å²) in [6.45, 7) is 2.17. The number of rotatable bonds is 16. The van der Waals surface area contributed by atoms with Crippen LogP contribution in [0.4, 0.5) is 22.0 Å². The second kappa shape index (κ2) is 15.0. The lowest BCUT2D eigenvalue weighted by molar-refractivity contribution is -0.284. The van der Waals surface area contributed by atoms with Crippen molar-refractivity contribution in [3.05, 3.63) is 29.3 Å². The molecule has 15 heteroatoms. The molecule has 1 aromatic carbocycles. The Labute approximate surface area is 263 Å². The maximum atomic E-state index is 13.2. The Bertz CT molecular complexity index is 1220. The van der Waals surface area contributed by atoms with Crippen molar-refractivity contribution in [1.82, 2.24) is 0 Å². The highest BCUT2D eigenvalue weighted by atomic mass is 32.2. The predicted octanol–water partition coefficient (Wildman–Crippen LogP) is 6.75. The summed E-state index contributed by atoms with van der Waals surface area (Å²) in [6, 6.07) is 5.32. The van der Waals surface area contributed by atoms with Crippen LogP contribution in [0.2, 0.25) is 0 Å². The third kappa shape index (κ3) is 8.86. The van der Waals surface area contributed by atoms with E-state index in [1.165, 1.54) is 7.11 Å². The summed E-state index contributed by atoms with van der Waals surface area (Å²) < 4.78 is 109. The molecule has 4 rings (SSSR count). The average Bonchev–Trinajstić information content (AvgIpc) is 3.25. The minimum atomic E-state index is -5.62. The first-order chi connectivity index (χ1) is 21.1. The number of halogens is 5. The van der Waals surface area contributed by atoms with Crippen molar-refractivity contribution >= 4 is 18.6 Å². The summed E-state index contributed by atoms with van der Waals surface area (Å²) in [5.74, 6) is -3.80. The van der Waals surface area contributed by atoms with Gasteiger partial charge < -0.3 is 19.1 Å². The summed E-state index contributed by atoms with van der Waals surface area (Å²) in [5.41, 5.74) is 1.89. The van der Waals surface area contributed by atoms with Gasteiger partial charge in [0.05, 0.1) is 19.3 Å². The Morgan fingerprint density at radius 3 is 2.53 bits per heavy atom. The predicted molar refractivity (Wildman–Crippen MR) is 158 cm³/mol. The number of fused-ring (bicyclic) bond motifs is 5. The number of aliphatic hydroxyl groups excluding tert-OH is 1. The molecule has 1 aromatic rings. The van der Waals surface area contributed by atoms with E-state index in [0.29, 0.717) is 25.9 Å². The van der Waals surface area contributed by atoms with Crippen LogP contribution in [-0.2, 0) is 35.8 Å². The zero-order chi connectivity index (χ0) is 33.0. The van der Waals surface area contributed by atoms with E-state index in [2.05, 4.69) is 6.92 Å². The molecule has 0 heterocycles. The number of methoxy groups -OCH3 is 1. The van der Waals surface area contributed by atoms with Gasteiger partial charge in [-0.2, -0.15) is 22.0 Å². The highest BCUT2D eigenvalue weighted by molar-refractivity contribution is 7.84. The largest absolute Gasteiger partial charge is 0.529 e. The van der Waals surface area contributed by atoms with Gasteiger partial charge in [-0.25, -0.2) is 9.09 Å². The molecule has 258 valence electrons. The van der Waals surface area contributed by atoms with E-state index in [1.807, 2.05) is 6.07 Å². The Morgan fingerprint density at radius 1 is 1.09 bits per heavy atom. The SMILES string of the molecule is COCCOCOP(=O)(O)Oc1ccc2c(c1)C[C@@H](CCCS(=O)CCCC(F)(F)C(F)(F)F)[C@@H]1[C@@H]2CC[C@]2(C)[C@@H](O)CC[C@@H]12. The molecule has 0 bridgehead atoms. The van der Waals surface area contributed by atoms with Crippen LogP contribution >= 0.6 is 7.82 Å². The van der Waals surface area contributed by atoms with Crippen molar-refractivity contribution in [3.8, 4) is 5.75 Å². The van der Waals surface area contributed by atoms with Crippen molar-refractivity contribution in [2.45, 2.75) is 88.8 Å². The van der Waals surface area contributed by atoms with Gasteiger partial charge in [0, 0.05) is 35.8 Å². The van der Waals surface area contributed by atoms with Crippen molar-refractivity contribution in [1.29, 1.82) is 0 Å². The van der Waals surface area contributed by atoms with Crippen LogP contribution in [0.3, 0.4) is 0 Å². The summed E-state index contributed by atoms with van der Waals surface area (Å²) in [4.78, 5) is 10.2. The number of hydrogen-bond acceptors (Lipinski definition) is 7. The van der Waals surface area contributed by atoms with Gasteiger partial charge in [0.15, 0.2) is 6.79 Å². The van der Waals surface area contributed by atoms with Gasteiger partial charge >= 0.3 is 19.9 Å².